The van der Waals surface area contributed by atoms with Gasteiger partial charge >= 0.3 is 0 Å². The highest BCUT2D eigenvalue weighted by Gasteiger charge is 2.34. The lowest BCUT2D eigenvalue weighted by Crippen LogP contribution is -2.49. The minimum Gasteiger partial charge on any atom is -0.366 e. The summed E-state index contributed by atoms with van der Waals surface area (Å²) in [6.45, 7) is 6.62. The molecule has 1 saturated carbocycles. The molecule has 0 amide bonds. The Morgan fingerprint density at radius 2 is 1.89 bits per heavy atom. The summed E-state index contributed by atoms with van der Waals surface area (Å²) < 4.78 is 0. The van der Waals surface area contributed by atoms with E-state index in [2.05, 4.69) is 39.8 Å². The van der Waals surface area contributed by atoms with Crippen LogP contribution in [0.15, 0.2) is 52.7 Å². The summed E-state index contributed by atoms with van der Waals surface area (Å²) in [4.78, 5) is 24.1. The zero-order valence-corrected chi connectivity index (χ0v) is 21.0. The molecule has 8 nitrogen and oxygen atoms in total. The number of nitrogens with zero attached hydrogens (tertiary/aromatic N) is 5. The molecular formula is C28H34N8. The number of fused-ring (bicyclic) bond motifs is 1. The molecule has 3 aliphatic rings. The van der Waals surface area contributed by atoms with Crippen molar-refractivity contribution in [3.8, 4) is 0 Å². The van der Waals surface area contributed by atoms with Crippen LogP contribution in [0, 0.1) is 5.41 Å². The van der Waals surface area contributed by atoms with Crippen molar-refractivity contribution in [1.29, 1.82) is 0 Å². The molecule has 0 bridgehead atoms. The highest BCUT2D eigenvalue weighted by atomic mass is 15.2. The predicted molar refractivity (Wildman–Crippen MR) is 146 cm³/mol. The number of hydrogen-bond donors (Lipinski definition) is 3. The van der Waals surface area contributed by atoms with E-state index in [1.807, 2.05) is 48.9 Å². The Labute approximate surface area is 212 Å². The molecule has 36 heavy (non-hydrogen) atoms. The van der Waals surface area contributed by atoms with Crippen molar-refractivity contribution >= 4 is 34.6 Å². The van der Waals surface area contributed by atoms with Gasteiger partial charge in [-0.2, -0.15) is 0 Å². The third kappa shape index (κ3) is 4.57. The molecule has 1 saturated heterocycles. The Kier molecular flexibility index (Phi) is 6.13. The molecule has 2 atom stereocenters. The summed E-state index contributed by atoms with van der Waals surface area (Å²) in [5.74, 6) is 2.76. The Balaban J connectivity index is 1.39. The average Bonchev–Trinajstić information content (AvgIpc) is 2.85. The van der Waals surface area contributed by atoms with Gasteiger partial charge in [0, 0.05) is 42.5 Å². The van der Waals surface area contributed by atoms with Gasteiger partial charge in [0.2, 0.25) is 5.96 Å². The second kappa shape index (κ2) is 9.58. The van der Waals surface area contributed by atoms with Gasteiger partial charge in [-0.3, -0.25) is 4.98 Å². The molecule has 1 aromatic carbocycles. The summed E-state index contributed by atoms with van der Waals surface area (Å²) in [6, 6.07) is 10.1. The van der Waals surface area contributed by atoms with Crippen molar-refractivity contribution in [3.05, 3.63) is 54.1 Å². The van der Waals surface area contributed by atoms with Gasteiger partial charge in [0.15, 0.2) is 5.82 Å². The van der Waals surface area contributed by atoms with Crippen LogP contribution in [0.1, 0.15) is 69.3 Å². The predicted octanol–water partition coefficient (Wildman–Crippen LogP) is 5.08. The maximum Gasteiger partial charge on any atom is 0.222 e. The first-order valence-corrected chi connectivity index (χ1v) is 13.1. The number of benzene rings is 1. The highest BCUT2D eigenvalue weighted by molar-refractivity contribution is 5.99. The Hall–Kier alpha value is -3.39. The molecule has 2 aliphatic heterocycles. The van der Waals surface area contributed by atoms with E-state index in [1.165, 1.54) is 24.8 Å². The molecule has 8 heteroatoms. The quantitative estimate of drug-likeness (QED) is 0.469. The van der Waals surface area contributed by atoms with Crippen molar-refractivity contribution < 1.29 is 0 Å². The molecular weight excluding hydrogens is 448 g/mol. The van der Waals surface area contributed by atoms with Crippen LogP contribution < -0.4 is 16.0 Å². The molecule has 3 aromatic rings. The van der Waals surface area contributed by atoms with Gasteiger partial charge in [-0.1, -0.05) is 38.5 Å². The van der Waals surface area contributed by atoms with E-state index in [9.17, 15) is 0 Å². The number of hydrogen-bond acceptors (Lipinski definition) is 8. The standard InChI is InChI=1S/C28H34N8/c1-28(2)17-29-13-12-23(28)35-26-24-20(18-7-6-8-18)15-30-16-22(24)33-25(36-26)21-11-14-31-27(34-21)32-19-9-4-3-5-10-19/h3-5,9-10,14-16,18,21,23,29H,6-8,11-13,17H2,1-2H3,(H,32,34)(H,33,35,36). The number of anilines is 2. The van der Waals surface area contributed by atoms with Gasteiger partial charge in [0.1, 0.15) is 11.9 Å². The largest absolute Gasteiger partial charge is 0.366 e. The number of aliphatic imine (C=N–C) groups is 2. The molecule has 2 fully saturated rings. The molecule has 2 aromatic heterocycles. The monoisotopic (exact) mass is 482 g/mol. The Morgan fingerprint density at radius 1 is 1.03 bits per heavy atom. The second-order valence-corrected chi connectivity index (χ2v) is 10.8. The van der Waals surface area contributed by atoms with Gasteiger partial charge in [-0.25, -0.2) is 20.0 Å². The van der Waals surface area contributed by atoms with Gasteiger partial charge < -0.3 is 16.0 Å². The Morgan fingerprint density at radius 3 is 2.67 bits per heavy atom. The van der Waals surface area contributed by atoms with Crippen LogP contribution in [0.3, 0.4) is 0 Å². The fourth-order valence-corrected chi connectivity index (χ4v) is 5.36. The summed E-state index contributed by atoms with van der Waals surface area (Å²) in [5, 5.41) is 11.9. The summed E-state index contributed by atoms with van der Waals surface area (Å²) in [7, 11) is 0. The van der Waals surface area contributed by atoms with Crippen LogP contribution in [-0.4, -0.2) is 46.3 Å². The van der Waals surface area contributed by atoms with Crippen LogP contribution in [0.25, 0.3) is 10.9 Å². The van der Waals surface area contributed by atoms with Crippen LogP contribution in [0.5, 0.6) is 0 Å². The van der Waals surface area contributed by atoms with E-state index in [1.54, 1.807) is 0 Å². The van der Waals surface area contributed by atoms with Gasteiger partial charge in [0.25, 0.3) is 0 Å². The third-order valence-corrected chi connectivity index (χ3v) is 7.79. The maximum absolute atomic E-state index is 5.16. The van der Waals surface area contributed by atoms with E-state index in [0.717, 1.165) is 41.9 Å². The molecule has 6 rings (SSSR count). The molecule has 0 radical (unpaired) electrons. The van der Waals surface area contributed by atoms with Gasteiger partial charge in [0.05, 0.1) is 11.7 Å². The van der Waals surface area contributed by atoms with Crippen molar-refractivity contribution in [3.63, 3.8) is 0 Å². The number of nitrogens with one attached hydrogen (secondary N) is 3. The molecule has 1 aliphatic carbocycles. The summed E-state index contributed by atoms with van der Waals surface area (Å²) >= 11 is 0. The Bertz CT molecular complexity index is 1300. The number of rotatable bonds is 5. The van der Waals surface area contributed by atoms with Crippen LogP contribution >= 0.6 is 0 Å². The maximum atomic E-state index is 5.16. The lowest BCUT2D eigenvalue weighted by atomic mass is 9.78. The SMILES string of the molecule is CC1(C)CNCCC1Nc1nc(C2CC=NC(Nc3ccccc3)=N2)nc2cncc(C3CCC3)c12. The lowest BCUT2D eigenvalue weighted by Gasteiger charge is -2.40. The molecule has 2 unspecified atom stereocenters. The molecule has 186 valence electrons. The first-order valence-electron chi connectivity index (χ1n) is 13.1. The summed E-state index contributed by atoms with van der Waals surface area (Å²) in [6.07, 6.45) is 11.2. The second-order valence-electron chi connectivity index (χ2n) is 10.8. The average molecular weight is 483 g/mol. The third-order valence-electron chi connectivity index (χ3n) is 7.79. The van der Waals surface area contributed by atoms with E-state index in [4.69, 9.17) is 15.0 Å². The van der Waals surface area contributed by atoms with Crippen molar-refractivity contribution in [1.82, 2.24) is 20.3 Å². The number of pyridine rings is 1. The zero-order valence-electron chi connectivity index (χ0n) is 21.0. The van der Waals surface area contributed by atoms with Crippen molar-refractivity contribution in [2.24, 2.45) is 15.4 Å². The van der Waals surface area contributed by atoms with E-state index < -0.39 is 0 Å². The van der Waals surface area contributed by atoms with E-state index in [-0.39, 0.29) is 11.5 Å². The molecule has 3 N–H and O–H groups in total. The lowest BCUT2D eigenvalue weighted by molar-refractivity contribution is 0.236. The fraction of sp³-hybridized carbons (Fsp3) is 0.464. The first-order chi connectivity index (χ1) is 17.6. The summed E-state index contributed by atoms with van der Waals surface area (Å²) in [5.41, 5.74) is 3.24. The van der Waals surface area contributed by atoms with E-state index in [0.29, 0.717) is 30.2 Å². The number of guanidine groups is 1. The van der Waals surface area contributed by atoms with Crippen LogP contribution in [0.2, 0.25) is 0 Å². The van der Waals surface area contributed by atoms with Crippen LogP contribution in [0.4, 0.5) is 11.5 Å². The topological polar surface area (TPSA) is 99.5 Å². The zero-order chi connectivity index (χ0) is 24.5. The van der Waals surface area contributed by atoms with Crippen molar-refractivity contribution in [2.45, 2.75) is 64.0 Å². The van der Waals surface area contributed by atoms with Gasteiger partial charge in [-0.05, 0) is 54.8 Å². The highest BCUT2D eigenvalue weighted by Crippen LogP contribution is 2.42. The van der Waals surface area contributed by atoms with Gasteiger partial charge in [-0.15, -0.1) is 0 Å². The minimum absolute atomic E-state index is 0.113. The van der Waals surface area contributed by atoms with Crippen molar-refractivity contribution in [2.75, 3.05) is 23.7 Å². The van der Waals surface area contributed by atoms with E-state index >= 15 is 0 Å². The van der Waals surface area contributed by atoms with Crippen LogP contribution in [-0.2, 0) is 0 Å². The fourth-order valence-electron chi connectivity index (χ4n) is 5.36. The number of aromatic nitrogens is 3. The smallest absolute Gasteiger partial charge is 0.222 e. The molecule has 0 spiro atoms. The number of piperidine rings is 1. The normalized spacial score (nSPS) is 23.7. The molecule has 4 heterocycles. The number of para-hydroxylation sites is 1. The first kappa shape index (κ1) is 23.0. The minimum atomic E-state index is -0.202.